The molecule has 4 nitrogen and oxygen atoms in total. The third kappa shape index (κ3) is 5.47. The van der Waals surface area contributed by atoms with E-state index in [1.54, 1.807) is 7.11 Å². The van der Waals surface area contributed by atoms with Gasteiger partial charge in [0.25, 0.3) is 0 Å². The summed E-state index contributed by atoms with van der Waals surface area (Å²) in [5.41, 5.74) is 2.40. The summed E-state index contributed by atoms with van der Waals surface area (Å²) in [6.45, 7) is 4.68. The number of methoxy groups -OCH3 is 1. The van der Waals surface area contributed by atoms with Crippen LogP contribution in [-0.2, 0) is 0 Å². The Kier molecular flexibility index (Phi) is 6.75. The molecule has 27 heavy (non-hydrogen) atoms. The molecule has 2 aromatic carbocycles. The predicted molar refractivity (Wildman–Crippen MR) is 109 cm³/mol. The van der Waals surface area contributed by atoms with Gasteiger partial charge in [-0.3, -0.25) is 0 Å². The van der Waals surface area contributed by atoms with E-state index in [-0.39, 0.29) is 5.48 Å². The van der Waals surface area contributed by atoms with Crippen LogP contribution in [0.15, 0.2) is 48.5 Å². The van der Waals surface area contributed by atoms with Gasteiger partial charge in [0.05, 0.1) is 13.7 Å². The van der Waals surface area contributed by atoms with E-state index in [1.165, 1.54) is 56.4 Å². The van der Waals surface area contributed by atoms with Gasteiger partial charge in [-0.25, -0.2) is 0 Å². The zero-order valence-electron chi connectivity index (χ0n) is 16.2. The maximum atomic E-state index is 6.06. The van der Waals surface area contributed by atoms with Crippen LogP contribution in [0.3, 0.4) is 0 Å². The zero-order chi connectivity index (χ0) is 17.8. The average Bonchev–Trinajstić information content (AvgIpc) is 3.52. The Morgan fingerprint density at radius 1 is 0.778 bits per heavy atom. The minimum absolute atomic E-state index is 0. The van der Waals surface area contributed by atoms with Crippen molar-refractivity contribution in [2.45, 2.75) is 25.7 Å². The molecule has 0 radical (unpaired) electrons. The van der Waals surface area contributed by atoms with Gasteiger partial charge in [-0.2, -0.15) is 0 Å². The molecule has 1 aliphatic heterocycles. The van der Waals surface area contributed by atoms with Gasteiger partial charge in [-0.1, -0.05) is 24.3 Å². The lowest BCUT2D eigenvalue weighted by atomic mass is 9.97. The first kappa shape index (κ1) is 19.7. The second-order valence-electron chi connectivity index (χ2n) is 7.75. The highest BCUT2D eigenvalue weighted by Crippen LogP contribution is 2.31. The number of hydrogen-bond donors (Lipinski definition) is 0. The lowest BCUT2D eigenvalue weighted by Gasteiger charge is -2.31. The summed E-state index contributed by atoms with van der Waals surface area (Å²) in [7, 11) is 1.69. The van der Waals surface area contributed by atoms with Gasteiger partial charge < -0.3 is 19.8 Å². The molecule has 146 valence electrons. The molecule has 2 fully saturated rings. The molecule has 0 atom stereocenters. The number of hydrogen-bond acceptors (Lipinski definition) is 3. The Balaban J connectivity index is 0.00000210. The fourth-order valence-electron chi connectivity index (χ4n) is 3.74. The Hall–Kier alpha value is -2.04. The van der Waals surface area contributed by atoms with Crippen LogP contribution in [0.4, 0.5) is 0 Å². The minimum atomic E-state index is 0. The topological polar surface area (TPSA) is 53.2 Å². The summed E-state index contributed by atoms with van der Waals surface area (Å²) in [4.78, 5) is 2.65. The molecule has 4 rings (SSSR count). The van der Waals surface area contributed by atoms with Crippen molar-refractivity contribution >= 4 is 0 Å². The summed E-state index contributed by atoms with van der Waals surface area (Å²) in [6, 6.07) is 16.6. The normalized spacial score (nSPS) is 18.0. The van der Waals surface area contributed by atoms with Crippen molar-refractivity contribution in [2.24, 2.45) is 11.8 Å². The molecule has 2 aromatic rings. The molecule has 1 heterocycles. The fourth-order valence-corrected chi connectivity index (χ4v) is 3.74. The minimum Gasteiger partial charge on any atom is -0.497 e. The van der Waals surface area contributed by atoms with Gasteiger partial charge >= 0.3 is 0 Å². The second-order valence-corrected chi connectivity index (χ2v) is 7.75. The monoisotopic (exact) mass is 369 g/mol. The summed E-state index contributed by atoms with van der Waals surface area (Å²) in [5.74, 6) is 3.57. The summed E-state index contributed by atoms with van der Waals surface area (Å²) < 4.78 is 11.3. The Morgan fingerprint density at radius 2 is 1.33 bits per heavy atom. The van der Waals surface area contributed by atoms with Crippen molar-refractivity contribution in [3.05, 3.63) is 48.5 Å². The summed E-state index contributed by atoms with van der Waals surface area (Å²) >= 11 is 0. The lowest BCUT2D eigenvalue weighted by Crippen LogP contribution is -2.36. The molecule has 0 aromatic heterocycles. The molecule has 1 aliphatic carbocycles. The van der Waals surface area contributed by atoms with Crippen molar-refractivity contribution in [3.8, 4) is 22.6 Å². The van der Waals surface area contributed by atoms with Crippen LogP contribution < -0.4 is 9.47 Å². The van der Waals surface area contributed by atoms with Gasteiger partial charge in [0.2, 0.25) is 0 Å². The third-order valence-electron chi connectivity index (χ3n) is 5.68. The number of ether oxygens (including phenoxy) is 2. The molecule has 2 aliphatic rings. The molecule has 0 bridgehead atoms. The van der Waals surface area contributed by atoms with Gasteiger partial charge in [0.15, 0.2) is 0 Å². The van der Waals surface area contributed by atoms with E-state index in [1.807, 2.05) is 12.1 Å². The van der Waals surface area contributed by atoms with Gasteiger partial charge in [0.1, 0.15) is 11.5 Å². The van der Waals surface area contributed by atoms with Crippen LogP contribution in [0.2, 0.25) is 0 Å². The van der Waals surface area contributed by atoms with Crippen molar-refractivity contribution in [1.29, 1.82) is 0 Å². The van der Waals surface area contributed by atoms with Crippen molar-refractivity contribution < 1.29 is 14.9 Å². The first-order chi connectivity index (χ1) is 12.8. The highest BCUT2D eigenvalue weighted by molar-refractivity contribution is 5.64. The molecule has 0 unspecified atom stereocenters. The van der Waals surface area contributed by atoms with Crippen LogP contribution in [0.1, 0.15) is 25.7 Å². The van der Waals surface area contributed by atoms with Crippen LogP contribution >= 0.6 is 0 Å². The first-order valence-corrected chi connectivity index (χ1v) is 9.90. The molecule has 2 N–H and O–H groups in total. The maximum absolute atomic E-state index is 6.06. The Labute approximate surface area is 162 Å². The fraction of sp³-hybridized carbons (Fsp3) is 0.478. The van der Waals surface area contributed by atoms with E-state index in [0.29, 0.717) is 5.92 Å². The molecular weight excluding hydrogens is 338 g/mol. The number of benzene rings is 2. The number of piperidine rings is 1. The van der Waals surface area contributed by atoms with E-state index in [4.69, 9.17) is 9.47 Å². The standard InChI is InChI=1S/C23H29NO2.H2O/c1-25-22-8-4-20(5-9-22)21-6-10-23(11-7-21)26-17-19-12-14-24(15-13-19)16-18-2-3-18;/h4-11,18-19H,2-3,12-17H2,1H3;1H2. The van der Waals surface area contributed by atoms with E-state index < -0.39 is 0 Å². The third-order valence-corrected chi connectivity index (χ3v) is 5.68. The highest BCUT2D eigenvalue weighted by atomic mass is 16.5. The molecule has 0 spiro atoms. The highest BCUT2D eigenvalue weighted by Gasteiger charge is 2.27. The predicted octanol–water partition coefficient (Wildman–Crippen LogP) is 4.04. The largest absolute Gasteiger partial charge is 0.497 e. The van der Waals surface area contributed by atoms with Crippen LogP contribution in [0.25, 0.3) is 11.1 Å². The molecule has 4 heteroatoms. The van der Waals surface area contributed by atoms with E-state index in [0.717, 1.165) is 24.0 Å². The number of likely N-dealkylation sites (tertiary alicyclic amines) is 1. The van der Waals surface area contributed by atoms with Crippen LogP contribution in [0, 0.1) is 11.8 Å². The SMILES string of the molecule is COc1ccc(-c2ccc(OCC3CCN(CC4CC4)CC3)cc2)cc1.O. The molecule has 1 saturated carbocycles. The maximum Gasteiger partial charge on any atom is 0.119 e. The van der Waals surface area contributed by atoms with Gasteiger partial charge in [-0.15, -0.1) is 0 Å². The first-order valence-electron chi connectivity index (χ1n) is 9.90. The average molecular weight is 370 g/mol. The van der Waals surface area contributed by atoms with Crippen LogP contribution in [-0.4, -0.2) is 43.7 Å². The Bertz CT molecular complexity index is 687. The van der Waals surface area contributed by atoms with E-state index in [2.05, 4.69) is 41.3 Å². The van der Waals surface area contributed by atoms with Gasteiger partial charge in [0, 0.05) is 6.54 Å². The van der Waals surface area contributed by atoms with Crippen molar-refractivity contribution in [2.75, 3.05) is 33.4 Å². The summed E-state index contributed by atoms with van der Waals surface area (Å²) in [6.07, 6.45) is 5.46. The van der Waals surface area contributed by atoms with Crippen molar-refractivity contribution in [1.82, 2.24) is 4.90 Å². The lowest BCUT2D eigenvalue weighted by molar-refractivity contribution is 0.138. The van der Waals surface area contributed by atoms with Crippen LogP contribution in [0.5, 0.6) is 11.5 Å². The second kappa shape index (κ2) is 9.25. The van der Waals surface area contributed by atoms with Crippen molar-refractivity contribution in [3.63, 3.8) is 0 Å². The molecule has 1 saturated heterocycles. The quantitative estimate of drug-likeness (QED) is 0.740. The number of nitrogens with zero attached hydrogens (tertiary/aromatic N) is 1. The zero-order valence-corrected chi connectivity index (χ0v) is 16.2. The smallest absolute Gasteiger partial charge is 0.119 e. The molecule has 0 amide bonds. The van der Waals surface area contributed by atoms with E-state index >= 15 is 0 Å². The summed E-state index contributed by atoms with van der Waals surface area (Å²) in [5, 5.41) is 0. The molecular formula is C23H31NO3. The van der Waals surface area contributed by atoms with E-state index in [9.17, 15) is 0 Å². The number of rotatable bonds is 7. The van der Waals surface area contributed by atoms with Gasteiger partial charge in [-0.05, 0) is 86.0 Å². The Morgan fingerprint density at radius 3 is 1.85 bits per heavy atom.